The average Bonchev–Trinajstić information content (AvgIpc) is 3.98. The average molecular weight is 900 g/mol. The van der Waals surface area contributed by atoms with Crippen molar-refractivity contribution in [2.45, 2.75) is 91.6 Å². The van der Waals surface area contributed by atoms with Gasteiger partial charge in [0, 0.05) is 54.7 Å². The van der Waals surface area contributed by atoms with Crippen LogP contribution in [0.2, 0.25) is 5.28 Å². The molecule has 0 saturated heterocycles. The van der Waals surface area contributed by atoms with Crippen LogP contribution in [0.15, 0.2) is 110 Å². The highest BCUT2D eigenvalue weighted by Gasteiger charge is 2.17. The van der Waals surface area contributed by atoms with Crippen LogP contribution < -0.4 is 21.7 Å². The number of halogens is 1. The highest BCUT2D eigenvalue weighted by Crippen LogP contribution is 2.26. The number of nitrogens with zero attached hydrogens (tertiary/aromatic N) is 10. The lowest BCUT2D eigenvalue weighted by atomic mass is 10.1. The lowest BCUT2D eigenvalue weighted by molar-refractivity contribution is 0.263. The lowest BCUT2D eigenvalue weighted by Crippen LogP contribution is -2.24. The van der Waals surface area contributed by atoms with E-state index in [1.807, 2.05) is 59.4 Å². The number of nitrogens with one attached hydrogen (secondary N) is 3. The molecule has 0 aliphatic rings. The largest absolute Gasteiger partial charge is 0.395 e. The molecule has 16 nitrogen and oxygen atoms in total. The molecule has 0 aliphatic heterocycles. The summed E-state index contributed by atoms with van der Waals surface area (Å²) >= 11 is 6.12. The number of anilines is 3. The second kappa shape index (κ2) is 23.4. The Morgan fingerprint density at radius 3 is 1.49 bits per heavy atom. The number of fused-ring (bicyclic) bond motifs is 2. The first kappa shape index (κ1) is 47.9. The van der Waals surface area contributed by atoms with Crippen molar-refractivity contribution in [3.63, 3.8) is 0 Å². The molecule has 0 aliphatic carbocycles. The Bertz CT molecular complexity index is 2670. The predicted molar refractivity (Wildman–Crippen MR) is 261 cm³/mol. The highest BCUT2D eigenvalue weighted by molar-refractivity contribution is 6.28. The van der Waals surface area contributed by atoms with Gasteiger partial charge in [0.1, 0.15) is 0 Å². The Kier molecular flexibility index (Phi) is 17.2. The van der Waals surface area contributed by atoms with Crippen LogP contribution in [0.5, 0.6) is 0 Å². The Labute approximate surface area is 384 Å². The van der Waals surface area contributed by atoms with E-state index < -0.39 is 0 Å². The summed E-state index contributed by atoms with van der Waals surface area (Å²) in [7, 11) is 0. The maximum Gasteiger partial charge on any atom is 0.227 e. The van der Waals surface area contributed by atoms with E-state index in [0.717, 1.165) is 68.8 Å². The van der Waals surface area contributed by atoms with Crippen LogP contribution in [0.1, 0.15) is 77.6 Å². The number of aromatic nitrogens is 10. The van der Waals surface area contributed by atoms with Crippen molar-refractivity contribution in [1.29, 1.82) is 0 Å². The van der Waals surface area contributed by atoms with Crippen molar-refractivity contribution in [2.75, 3.05) is 29.2 Å². The summed E-state index contributed by atoms with van der Waals surface area (Å²) in [4.78, 5) is 35.8. The summed E-state index contributed by atoms with van der Waals surface area (Å²) in [5.74, 6) is 1.78. The van der Waals surface area contributed by atoms with Crippen LogP contribution >= 0.6 is 11.6 Å². The highest BCUT2D eigenvalue weighted by atomic mass is 35.5. The lowest BCUT2D eigenvalue weighted by Gasteiger charge is -2.16. The monoisotopic (exact) mass is 898 g/mol. The van der Waals surface area contributed by atoms with Gasteiger partial charge in [-0.25, -0.2) is 9.97 Å². The van der Waals surface area contributed by atoms with Crippen molar-refractivity contribution in [1.82, 2.24) is 49.0 Å². The summed E-state index contributed by atoms with van der Waals surface area (Å²) < 4.78 is 4.00. The van der Waals surface area contributed by atoms with Gasteiger partial charge in [0.15, 0.2) is 34.0 Å². The van der Waals surface area contributed by atoms with Crippen LogP contribution in [0.3, 0.4) is 0 Å². The van der Waals surface area contributed by atoms with Crippen molar-refractivity contribution in [2.24, 2.45) is 5.73 Å². The number of rotatable bonds is 16. The van der Waals surface area contributed by atoms with Crippen molar-refractivity contribution in [3.05, 3.63) is 126 Å². The Balaban J connectivity index is 0.000000193. The van der Waals surface area contributed by atoms with Crippen molar-refractivity contribution >= 4 is 51.5 Å². The van der Waals surface area contributed by atoms with Gasteiger partial charge in [0.05, 0.1) is 43.3 Å². The van der Waals surface area contributed by atoms with Crippen molar-refractivity contribution < 1.29 is 10.2 Å². The van der Waals surface area contributed by atoms with Gasteiger partial charge in [-0.15, -0.1) is 0 Å². The summed E-state index contributed by atoms with van der Waals surface area (Å²) in [5.41, 5.74) is 14.5. The van der Waals surface area contributed by atoms with E-state index in [4.69, 9.17) is 22.4 Å². The normalized spacial score (nSPS) is 12.1. The quantitative estimate of drug-likeness (QED) is 0.0501. The van der Waals surface area contributed by atoms with E-state index >= 15 is 0 Å². The molecule has 6 aromatic heterocycles. The number of imidazole rings is 2. The molecule has 0 spiro atoms. The van der Waals surface area contributed by atoms with Crippen LogP contribution in [-0.2, 0) is 13.1 Å². The molecule has 8 rings (SSSR count). The summed E-state index contributed by atoms with van der Waals surface area (Å²) in [5, 5.41) is 28.0. The second-order valence-corrected chi connectivity index (χ2v) is 16.2. The fourth-order valence-corrected chi connectivity index (χ4v) is 6.65. The minimum Gasteiger partial charge on any atom is -0.395 e. The Hall–Kier alpha value is -6.59. The zero-order valence-electron chi connectivity index (χ0n) is 37.8. The third kappa shape index (κ3) is 12.8. The molecule has 0 radical (unpaired) electrons. The molecular weight excluding hydrogens is 840 g/mol. The summed E-state index contributed by atoms with van der Waals surface area (Å²) in [6.45, 7) is 13.6. The van der Waals surface area contributed by atoms with Gasteiger partial charge >= 0.3 is 0 Å². The van der Waals surface area contributed by atoms with Gasteiger partial charge in [-0.1, -0.05) is 74.5 Å². The van der Waals surface area contributed by atoms with Crippen LogP contribution in [0.4, 0.5) is 17.6 Å². The molecule has 0 amide bonds. The van der Waals surface area contributed by atoms with E-state index in [0.29, 0.717) is 30.7 Å². The molecule has 0 unspecified atom stereocenters. The number of benzene rings is 2. The number of nitrogens with two attached hydrogens (primary N) is 1. The maximum atomic E-state index is 9.57. The SMILES string of the molecule is CC(C)n1cnc2c(NCc3ccc(-c4ccccn4)cc3)nc(Cl)nc21.CC[C@@H](N)CO.CC[C@H](CO)Nc1nc(NCc2ccc(-c3ccccn3)cc2)c2ncn(C(C)C)c2n1. The first-order valence-electron chi connectivity index (χ1n) is 21.9. The van der Waals surface area contributed by atoms with Crippen LogP contribution in [-0.4, -0.2) is 84.5 Å². The van der Waals surface area contributed by atoms with Gasteiger partial charge in [-0.05, 0) is 87.5 Å². The molecular formula is C48H59ClN14O2. The Morgan fingerprint density at radius 1 is 0.600 bits per heavy atom. The third-order valence-corrected chi connectivity index (χ3v) is 10.7. The molecule has 2 atom stereocenters. The van der Waals surface area contributed by atoms with E-state index in [9.17, 15) is 5.11 Å². The molecule has 0 saturated carbocycles. The molecule has 7 N–H and O–H groups in total. The van der Waals surface area contributed by atoms with Gasteiger partial charge in [-0.2, -0.15) is 19.9 Å². The summed E-state index contributed by atoms with van der Waals surface area (Å²) in [6, 6.07) is 28.7. The predicted octanol–water partition coefficient (Wildman–Crippen LogP) is 8.71. The topological polar surface area (TPSA) is 216 Å². The van der Waals surface area contributed by atoms with Crippen molar-refractivity contribution in [3.8, 4) is 22.5 Å². The number of aliphatic hydroxyl groups excluding tert-OH is 2. The fraction of sp³-hybridized carbons (Fsp3) is 0.333. The zero-order valence-corrected chi connectivity index (χ0v) is 38.5. The zero-order chi connectivity index (χ0) is 46.3. The first-order valence-corrected chi connectivity index (χ1v) is 22.3. The molecule has 2 aromatic carbocycles. The minimum absolute atomic E-state index is 0.00926. The minimum atomic E-state index is -0.102. The third-order valence-electron chi connectivity index (χ3n) is 10.5. The van der Waals surface area contributed by atoms with E-state index in [2.05, 4.69) is 132 Å². The van der Waals surface area contributed by atoms with E-state index in [-0.39, 0.29) is 42.7 Å². The Morgan fingerprint density at radius 2 is 1.09 bits per heavy atom. The van der Waals surface area contributed by atoms with Gasteiger partial charge in [-0.3, -0.25) is 9.97 Å². The molecule has 8 aromatic rings. The second-order valence-electron chi connectivity index (χ2n) is 15.9. The molecule has 0 fully saturated rings. The molecule has 65 heavy (non-hydrogen) atoms. The van der Waals surface area contributed by atoms with Gasteiger partial charge < -0.3 is 41.0 Å². The first-order chi connectivity index (χ1) is 31.5. The standard InChI is InChI=1S/C24H29N7O.C20H19ClN6.C4H11NO/c1-4-19(14-32)28-24-29-22(21-23(30-24)31(15-27-21)16(2)3)26-13-17-8-10-18(11-9-17)20-7-5-6-12-25-20;1-13(2)27-12-24-17-18(25-20(21)26-19(17)27)23-11-14-6-8-15(9-7-14)16-5-3-4-10-22-16;1-2-4(5)3-6/h5-12,15-16,19,32H,4,13-14H2,1-3H3,(H2,26,28,29,30);3-10,12-13H,11H2,1-2H3,(H,23,25,26);4,6H,2-3,5H2,1H3/t19-;;4-/m1.1/s1. The van der Waals surface area contributed by atoms with Crippen LogP contribution in [0.25, 0.3) is 44.8 Å². The number of hydrogen-bond donors (Lipinski definition) is 6. The van der Waals surface area contributed by atoms with Crippen LogP contribution in [0, 0.1) is 0 Å². The molecule has 0 bridgehead atoms. The van der Waals surface area contributed by atoms with E-state index in [1.54, 1.807) is 25.0 Å². The maximum absolute atomic E-state index is 9.57. The van der Waals surface area contributed by atoms with E-state index in [1.165, 1.54) is 0 Å². The number of aliphatic hydroxyl groups is 2. The fourth-order valence-electron chi connectivity index (χ4n) is 6.49. The number of pyridine rings is 2. The number of hydrogen-bond acceptors (Lipinski definition) is 14. The molecule has 340 valence electrons. The van der Waals surface area contributed by atoms with Gasteiger partial charge in [0.25, 0.3) is 0 Å². The smallest absolute Gasteiger partial charge is 0.227 e. The molecule has 17 heteroatoms. The molecule has 6 heterocycles. The summed E-state index contributed by atoms with van der Waals surface area (Å²) in [6.07, 6.45) is 8.79. The van der Waals surface area contributed by atoms with Gasteiger partial charge in [0.2, 0.25) is 11.2 Å².